The smallest absolute Gasteiger partial charge is 0.268 e. The lowest BCUT2D eigenvalue weighted by atomic mass is 9.79. The summed E-state index contributed by atoms with van der Waals surface area (Å²) in [5.41, 5.74) is 1.81. The summed E-state index contributed by atoms with van der Waals surface area (Å²) in [5.74, 6) is 0.587. The van der Waals surface area contributed by atoms with Gasteiger partial charge in [-0.15, -0.1) is 6.58 Å². The van der Waals surface area contributed by atoms with E-state index in [1.807, 2.05) is 44.2 Å². The average molecular weight is 434 g/mol. The Morgan fingerprint density at radius 2 is 2.12 bits per heavy atom. The molecular formula is C26H29N3O3. The first kappa shape index (κ1) is 20.7. The van der Waals surface area contributed by atoms with Crippen molar-refractivity contribution in [1.82, 2.24) is 10.2 Å². The van der Waals surface area contributed by atoms with Crippen molar-refractivity contribution in [3.63, 3.8) is 0 Å². The van der Waals surface area contributed by atoms with Crippen LogP contribution in [0.2, 0.25) is 0 Å². The molecule has 4 aliphatic rings. The zero-order valence-electron chi connectivity index (χ0n) is 19.1. The number of hydrogen-bond donors (Lipinski definition) is 1. The van der Waals surface area contributed by atoms with Crippen molar-refractivity contribution >= 4 is 23.5 Å². The van der Waals surface area contributed by atoms with Gasteiger partial charge in [0.1, 0.15) is 23.1 Å². The van der Waals surface area contributed by atoms with Gasteiger partial charge < -0.3 is 15.0 Å². The van der Waals surface area contributed by atoms with Gasteiger partial charge in [0, 0.05) is 29.2 Å². The van der Waals surface area contributed by atoms with E-state index in [-0.39, 0.29) is 28.9 Å². The molecule has 0 radical (unpaired) electrons. The molecule has 1 saturated heterocycles. The minimum atomic E-state index is -0.598. The van der Waals surface area contributed by atoms with Gasteiger partial charge in [0.15, 0.2) is 0 Å². The third kappa shape index (κ3) is 3.12. The van der Waals surface area contributed by atoms with Crippen LogP contribution in [-0.2, 0) is 9.59 Å². The molecule has 0 aromatic heterocycles. The van der Waals surface area contributed by atoms with Crippen molar-refractivity contribution in [2.75, 3.05) is 6.54 Å². The molecular weight excluding hydrogens is 404 g/mol. The summed E-state index contributed by atoms with van der Waals surface area (Å²) in [5, 5.41) is 4.84. The second kappa shape index (κ2) is 6.92. The first-order chi connectivity index (χ1) is 15.1. The molecule has 1 aromatic rings. The maximum Gasteiger partial charge on any atom is 0.268 e. The Labute approximate surface area is 188 Å². The van der Waals surface area contributed by atoms with Crippen LogP contribution in [0.5, 0.6) is 5.75 Å². The summed E-state index contributed by atoms with van der Waals surface area (Å²) in [6.45, 7) is 12.9. The number of carbonyl (C=O) groups is 2. The quantitative estimate of drug-likeness (QED) is 0.585. The van der Waals surface area contributed by atoms with E-state index in [1.54, 1.807) is 4.90 Å². The number of benzene rings is 1. The van der Waals surface area contributed by atoms with Gasteiger partial charge >= 0.3 is 0 Å². The highest BCUT2D eigenvalue weighted by Crippen LogP contribution is 2.36. The van der Waals surface area contributed by atoms with Crippen molar-refractivity contribution in [1.29, 1.82) is 0 Å². The molecule has 0 saturated carbocycles. The number of amides is 2. The van der Waals surface area contributed by atoms with Crippen molar-refractivity contribution in [2.45, 2.75) is 58.2 Å². The summed E-state index contributed by atoms with van der Waals surface area (Å²) in [4.78, 5) is 32.5. The van der Waals surface area contributed by atoms with Crippen LogP contribution < -0.4 is 20.6 Å². The molecule has 1 aromatic carbocycles. The normalized spacial score (nSPS) is 25.3. The number of piperazine rings is 1. The van der Waals surface area contributed by atoms with Crippen LogP contribution in [0.4, 0.5) is 0 Å². The predicted octanol–water partition coefficient (Wildman–Crippen LogP) is 2.24. The zero-order chi connectivity index (χ0) is 22.8. The number of carbonyl (C=O) groups excluding carboxylic acids is 2. The van der Waals surface area contributed by atoms with Gasteiger partial charge in [-0.05, 0) is 50.1 Å². The van der Waals surface area contributed by atoms with E-state index in [4.69, 9.17) is 9.73 Å². The minimum Gasteiger partial charge on any atom is -0.483 e. The standard InChI is InChI=1S/C26H29N3O3/c1-6-25(2,3)22-17(14-18-24(31)29-13-7-8-19(29)23(30)27-18)15-9-10-20-16(21(15)28-22)11-12-26(4,5)32-20/h6,8-12,18,22H,1,7,13-14H2,2-5H3,(H,27,30)/i23+1,24+1. The van der Waals surface area contributed by atoms with Crippen LogP contribution in [-0.4, -0.2) is 40.9 Å². The molecule has 0 spiro atoms. The molecule has 1 fully saturated rings. The first-order valence-electron chi connectivity index (χ1n) is 11.2. The summed E-state index contributed by atoms with van der Waals surface area (Å²) in [6.07, 6.45) is 9.01. The van der Waals surface area contributed by atoms with E-state index in [0.717, 1.165) is 33.9 Å². The molecule has 2 atom stereocenters. The molecule has 4 heterocycles. The highest BCUT2D eigenvalue weighted by atomic mass is 16.5. The highest BCUT2D eigenvalue weighted by Gasteiger charge is 2.42. The van der Waals surface area contributed by atoms with Crippen LogP contribution in [0.25, 0.3) is 11.6 Å². The summed E-state index contributed by atoms with van der Waals surface area (Å²) < 4.78 is 6.16. The van der Waals surface area contributed by atoms with Crippen LogP contribution in [0.3, 0.4) is 0 Å². The Hall–Kier alpha value is -3.15. The van der Waals surface area contributed by atoms with Crippen molar-refractivity contribution in [2.24, 2.45) is 10.4 Å². The van der Waals surface area contributed by atoms with Gasteiger partial charge in [-0.25, -0.2) is 0 Å². The number of nitrogens with one attached hydrogen (secondary N) is 1. The average Bonchev–Trinajstić information content (AvgIpc) is 3.37. The monoisotopic (exact) mass is 433 g/mol. The minimum absolute atomic E-state index is 0.0487. The topological polar surface area (TPSA) is 71.0 Å². The Morgan fingerprint density at radius 1 is 1.34 bits per heavy atom. The van der Waals surface area contributed by atoms with E-state index < -0.39 is 6.04 Å². The van der Waals surface area contributed by atoms with Crippen molar-refractivity contribution in [3.05, 3.63) is 58.8 Å². The SMILES string of the molecule is C=CC(C)(C)C1N=c2c3c(ccc2=C1CC1N[13C](=O)C2=CCCN2[13C]1=O)OC(C)(C)C=C3. The van der Waals surface area contributed by atoms with Gasteiger partial charge in [-0.3, -0.25) is 14.6 Å². The second-order valence-electron chi connectivity index (χ2n) is 10.1. The van der Waals surface area contributed by atoms with Crippen LogP contribution in [0.15, 0.2) is 47.6 Å². The highest BCUT2D eigenvalue weighted by molar-refractivity contribution is 6.05. The number of fused-ring (bicyclic) bond motifs is 4. The van der Waals surface area contributed by atoms with E-state index in [0.29, 0.717) is 18.7 Å². The summed E-state index contributed by atoms with van der Waals surface area (Å²) >= 11 is 0. The Balaban J connectivity index is 1.61. The molecule has 6 nitrogen and oxygen atoms in total. The molecule has 2 unspecified atom stereocenters. The van der Waals surface area contributed by atoms with Crippen LogP contribution >= 0.6 is 0 Å². The molecule has 166 valence electrons. The molecule has 0 bridgehead atoms. The van der Waals surface area contributed by atoms with Gasteiger partial charge in [0.25, 0.3) is 5.91 Å². The molecule has 4 aliphatic heterocycles. The third-order valence-electron chi connectivity index (χ3n) is 6.87. The fourth-order valence-electron chi connectivity index (χ4n) is 4.99. The van der Waals surface area contributed by atoms with E-state index in [9.17, 15) is 9.59 Å². The maximum absolute atomic E-state index is 13.2. The number of nitrogens with zero attached hydrogens (tertiary/aromatic N) is 2. The van der Waals surface area contributed by atoms with Crippen molar-refractivity contribution in [3.8, 4) is 5.75 Å². The third-order valence-corrected chi connectivity index (χ3v) is 6.87. The molecule has 32 heavy (non-hydrogen) atoms. The lowest BCUT2D eigenvalue weighted by molar-refractivity contribution is -0.139. The zero-order valence-corrected chi connectivity index (χ0v) is 19.1. The number of rotatable bonds is 4. The Kier molecular flexibility index (Phi) is 4.49. The predicted molar refractivity (Wildman–Crippen MR) is 123 cm³/mol. The Morgan fingerprint density at radius 3 is 2.88 bits per heavy atom. The van der Waals surface area contributed by atoms with E-state index in [1.165, 1.54) is 0 Å². The lowest BCUT2D eigenvalue weighted by Gasteiger charge is -2.34. The van der Waals surface area contributed by atoms with Crippen LogP contribution in [0.1, 0.15) is 46.1 Å². The molecule has 1 N–H and O–H groups in total. The van der Waals surface area contributed by atoms with E-state index >= 15 is 0 Å². The molecule has 5 rings (SSSR count). The van der Waals surface area contributed by atoms with Crippen molar-refractivity contribution < 1.29 is 14.3 Å². The fraction of sp³-hybridized carbons (Fsp3) is 0.423. The van der Waals surface area contributed by atoms with Crippen LogP contribution in [0, 0.1) is 5.41 Å². The lowest BCUT2D eigenvalue weighted by Crippen LogP contribution is -2.55. The van der Waals surface area contributed by atoms with Gasteiger partial charge in [0.2, 0.25) is 5.91 Å². The number of ether oxygens (including phenoxy) is 1. The molecule has 6 heteroatoms. The van der Waals surface area contributed by atoms with Gasteiger partial charge in [-0.2, -0.15) is 0 Å². The Bertz CT molecular complexity index is 1240. The summed E-state index contributed by atoms with van der Waals surface area (Å²) in [6, 6.07) is 3.25. The fourth-order valence-corrected chi connectivity index (χ4v) is 4.99. The first-order valence-corrected chi connectivity index (χ1v) is 11.2. The second-order valence-corrected chi connectivity index (χ2v) is 10.1. The van der Waals surface area contributed by atoms with Gasteiger partial charge in [0.05, 0.1) is 11.4 Å². The molecule has 0 aliphatic carbocycles. The maximum atomic E-state index is 13.2. The molecule has 2 amide bonds. The number of hydrogen-bond acceptors (Lipinski definition) is 4. The largest absolute Gasteiger partial charge is 0.483 e. The van der Waals surface area contributed by atoms with E-state index in [2.05, 4.69) is 31.8 Å². The van der Waals surface area contributed by atoms with Gasteiger partial charge in [-0.1, -0.05) is 26.0 Å². The summed E-state index contributed by atoms with van der Waals surface area (Å²) in [7, 11) is 0.